The highest BCUT2D eigenvalue weighted by molar-refractivity contribution is 5.94. The summed E-state index contributed by atoms with van der Waals surface area (Å²) >= 11 is 0. The van der Waals surface area contributed by atoms with Crippen LogP contribution in [0.1, 0.15) is 41.7 Å². The molecule has 2 saturated heterocycles. The maximum Gasteiger partial charge on any atom is 0.255 e. The molecule has 0 radical (unpaired) electrons. The molecule has 1 spiro atoms. The van der Waals surface area contributed by atoms with E-state index in [9.17, 15) is 4.79 Å². The Morgan fingerprint density at radius 1 is 1.36 bits per heavy atom. The minimum Gasteiger partial charge on any atom is -0.382 e. The van der Waals surface area contributed by atoms with Crippen molar-refractivity contribution in [3.8, 4) is 0 Å². The van der Waals surface area contributed by atoms with Crippen molar-refractivity contribution in [3.63, 3.8) is 0 Å². The molecule has 0 aliphatic carbocycles. The van der Waals surface area contributed by atoms with Crippen LogP contribution in [0.4, 0.5) is 0 Å². The van der Waals surface area contributed by atoms with E-state index in [0.717, 1.165) is 51.1 Å². The summed E-state index contributed by atoms with van der Waals surface area (Å²) in [6.45, 7) is 5.34. The smallest absolute Gasteiger partial charge is 0.255 e. The number of carbonyl (C=O) groups is 1. The molecular formula is C19H28N2O4. The predicted molar refractivity (Wildman–Crippen MR) is 93.6 cm³/mol. The van der Waals surface area contributed by atoms with E-state index in [1.165, 1.54) is 0 Å². The number of hydrogen-bond donors (Lipinski definition) is 0. The Morgan fingerprint density at radius 2 is 2.16 bits per heavy atom. The quantitative estimate of drug-likeness (QED) is 0.764. The van der Waals surface area contributed by atoms with E-state index >= 15 is 0 Å². The highest BCUT2D eigenvalue weighted by Gasteiger charge is 2.41. The third kappa shape index (κ3) is 4.57. The number of piperidine rings is 1. The summed E-state index contributed by atoms with van der Waals surface area (Å²) in [5.74, 6) is 0.0612. The molecule has 0 saturated carbocycles. The third-order valence-corrected chi connectivity index (χ3v) is 5.21. The van der Waals surface area contributed by atoms with Crippen LogP contribution in [0.25, 0.3) is 0 Å². The number of hydrogen-bond acceptors (Lipinski definition) is 5. The average Bonchev–Trinajstić information content (AvgIpc) is 2.63. The first-order chi connectivity index (χ1) is 12.1. The summed E-state index contributed by atoms with van der Waals surface area (Å²) in [5, 5.41) is 0. The van der Waals surface area contributed by atoms with Gasteiger partial charge < -0.3 is 19.1 Å². The van der Waals surface area contributed by atoms with Crippen LogP contribution in [0, 0.1) is 6.92 Å². The topological polar surface area (TPSA) is 60.9 Å². The molecule has 1 amide bonds. The summed E-state index contributed by atoms with van der Waals surface area (Å²) < 4.78 is 17.1. The van der Waals surface area contributed by atoms with Gasteiger partial charge in [0.25, 0.3) is 5.91 Å². The Balaban J connectivity index is 1.53. The van der Waals surface area contributed by atoms with Gasteiger partial charge in [0, 0.05) is 45.1 Å². The van der Waals surface area contributed by atoms with Crippen LogP contribution in [-0.4, -0.2) is 67.5 Å². The van der Waals surface area contributed by atoms with Crippen molar-refractivity contribution in [2.24, 2.45) is 0 Å². The first-order valence-corrected chi connectivity index (χ1v) is 9.08. The second-order valence-electron chi connectivity index (χ2n) is 6.99. The second kappa shape index (κ2) is 8.25. The van der Waals surface area contributed by atoms with Crippen LogP contribution in [0.3, 0.4) is 0 Å². The molecule has 1 aromatic heterocycles. The second-order valence-corrected chi connectivity index (χ2v) is 6.99. The molecule has 0 bridgehead atoms. The summed E-state index contributed by atoms with van der Waals surface area (Å²) in [6, 6.07) is 3.73. The minimum absolute atomic E-state index is 0.0612. The molecule has 0 aromatic carbocycles. The van der Waals surface area contributed by atoms with Gasteiger partial charge in [-0.3, -0.25) is 9.78 Å². The number of carbonyl (C=O) groups excluding carboxylic acids is 1. The van der Waals surface area contributed by atoms with Gasteiger partial charge in [-0.1, -0.05) is 0 Å². The fourth-order valence-corrected chi connectivity index (χ4v) is 3.67. The average molecular weight is 348 g/mol. The lowest BCUT2D eigenvalue weighted by molar-refractivity contribution is -0.154. The van der Waals surface area contributed by atoms with Crippen LogP contribution < -0.4 is 0 Å². The molecular weight excluding hydrogens is 320 g/mol. The summed E-state index contributed by atoms with van der Waals surface area (Å²) in [5.41, 5.74) is 1.44. The summed E-state index contributed by atoms with van der Waals surface area (Å²) in [6.07, 6.45) is 5.46. The van der Waals surface area contributed by atoms with E-state index in [0.29, 0.717) is 18.8 Å². The van der Waals surface area contributed by atoms with Crippen LogP contribution in [0.5, 0.6) is 0 Å². The van der Waals surface area contributed by atoms with Crippen LogP contribution in [0.2, 0.25) is 0 Å². The molecule has 3 heterocycles. The van der Waals surface area contributed by atoms with Gasteiger partial charge in [0.15, 0.2) is 0 Å². The molecule has 3 rings (SSSR count). The number of ether oxygens (including phenoxy) is 3. The van der Waals surface area contributed by atoms with Gasteiger partial charge in [-0.2, -0.15) is 0 Å². The normalized spacial score (nSPS) is 23.0. The Morgan fingerprint density at radius 3 is 2.84 bits per heavy atom. The third-order valence-electron chi connectivity index (χ3n) is 5.21. The molecule has 2 fully saturated rings. The molecule has 1 aromatic rings. The number of rotatable bonds is 5. The van der Waals surface area contributed by atoms with E-state index in [2.05, 4.69) is 4.98 Å². The zero-order valence-electron chi connectivity index (χ0n) is 15.2. The highest BCUT2D eigenvalue weighted by Crippen LogP contribution is 2.36. The summed E-state index contributed by atoms with van der Waals surface area (Å²) in [7, 11) is 1.69. The highest BCUT2D eigenvalue weighted by atomic mass is 16.5. The van der Waals surface area contributed by atoms with Crippen molar-refractivity contribution in [2.75, 3.05) is 40.0 Å². The van der Waals surface area contributed by atoms with E-state index in [-0.39, 0.29) is 17.6 Å². The Hall–Kier alpha value is -1.50. The SMILES string of the molecule is COCCOC1CCOC2(CCN(C(=O)c3ccc(C)nc3)CC2)C1. The van der Waals surface area contributed by atoms with E-state index < -0.39 is 0 Å². The number of methoxy groups -OCH3 is 1. The maximum atomic E-state index is 12.6. The van der Waals surface area contributed by atoms with Gasteiger partial charge in [-0.15, -0.1) is 0 Å². The van der Waals surface area contributed by atoms with Crippen molar-refractivity contribution >= 4 is 5.91 Å². The lowest BCUT2D eigenvalue weighted by atomic mass is 9.83. The van der Waals surface area contributed by atoms with Crippen molar-refractivity contribution in [2.45, 2.75) is 44.3 Å². The van der Waals surface area contributed by atoms with E-state index in [1.807, 2.05) is 24.0 Å². The van der Waals surface area contributed by atoms with Gasteiger partial charge in [0.1, 0.15) is 0 Å². The van der Waals surface area contributed by atoms with Gasteiger partial charge in [0.05, 0.1) is 30.5 Å². The van der Waals surface area contributed by atoms with Gasteiger partial charge >= 0.3 is 0 Å². The molecule has 6 nitrogen and oxygen atoms in total. The molecule has 2 aliphatic heterocycles. The molecule has 6 heteroatoms. The van der Waals surface area contributed by atoms with Gasteiger partial charge in [0.2, 0.25) is 0 Å². The van der Waals surface area contributed by atoms with Crippen LogP contribution in [0.15, 0.2) is 18.3 Å². The predicted octanol–water partition coefficient (Wildman–Crippen LogP) is 2.21. The van der Waals surface area contributed by atoms with Crippen molar-refractivity contribution in [3.05, 3.63) is 29.6 Å². The van der Waals surface area contributed by atoms with Crippen LogP contribution in [-0.2, 0) is 14.2 Å². The number of nitrogens with zero attached hydrogens (tertiary/aromatic N) is 2. The number of aromatic nitrogens is 1. The maximum absolute atomic E-state index is 12.6. The number of likely N-dealkylation sites (tertiary alicyclic amines) is 1. The monoisotopic (exact) mass is 348 g/mol. The van der Waals surface area contributed by atoms with E-state index in [1.54, 1.807) is 13.3 Å². The van der Waals surface area contributed by atoms with Crippen molar-refractivity contribution in [1.82, 2.24) is 9.88 Å². The van der Waals surface area contributed by atoms with Crippen molar-refractivity contribution in [1.29, 1.82) is 0 Å². The Kier molecular flexibility index (Phi) is 6.04. The minimum atomic E-state index is -0.141. The molecule has 1 unspecified atom stereocenters. The Labute approximate surface area is 149 Å². The standard InChI is InChI=1S/C19H28N2O4/c1-15-3-4-16(14-20-15)18(22)21-8-6-19(7-9-21)13-17(5-10-25-19)24-12-11-23-2/h3-4,14,17H,5-13H2,1-2H3. The number of amides is 1. The molecule has 1 atom stereocenters. The lowest BCUT2D eigenvalue weighted by Crippen LogP contribution is -2.52. The van der Waals surface area contributed by atoms with Crippen molar-refractivity contribution < 1.29 is 19.0 Å². The molecule has 138 valence electrons. The van der Waals surface area contributed by atoms with Crippen LogP contribution >= 0.6 is 0 Å². The largest absolute Gasteiger partial charge is 0.382 e. The fourth-order valence-electron chi connectivity index (χ4n) is 3.67. The zero-order valence-corrected chi connectivity index (χ0v) is 15.2. The molecule has 25 heavy (non-hydrogen) atoms. The first kappa shape index (κ1) is 18.3. The number of aryl methyl sites for hydroxylation is 1. The summed E-state index contributed by atoms with van der Waals surface area (Å²) in [4.78, 5) is 18.8. The first-order valence-electron chi connectivity index (χ1n) is 9.08. The van der Waals surface area contributed by atoms with Gasteiger partial charge in [-0.25, -0.2) is 0 Å². The number of pyridine rings is 1. The molecule has 0 N–H and O–H groups in total. The lowest BCUT2D eigenvalue weighted by Gasteiger charge is -2.46. The van der Waals surface area contributed by atoms with Gasteiger partial charge in [-0.05, 0) is 38.3 Å². The molecule has 2 aliphatic rings. The zero-order chi connectivity index (χ0) is 17.7. The fraction of sp³-hybridized carbons (Fsp3) is 0.684. The van der Waals surface area contributed by atoms with E-state index in [4.69, 9.17) is 14.2 Å². The Bertz CT molecular complexity index is 567.